The average Bonchev–Trinajstić information content (AvgIpc) is 3.27. The molecule has 0 aliphatic heterocycles. The lowest BCUT2D eigenvalue weighted by molar-refractivity contribution is -0.0919. The second-order valence-electron chi connectivity index (χ2n) is 17.1. The molecule has 4 atom stereocenters. The summed E-state index contributed by atoms with van der Waals surface area (Å²) < 4.78 is 28.9. The number of hydrogen-bond donors (Lipinski definition) is 2. The van der Waals surface area contributed by atoms with Crippen LogP contribution in [0.1, 0.15) is 124 Å². The molecule has 260 valence electrons. The number of aliphatic hydroxyl groups is 2. The van der Waals surface area contributed by atoms with Gasteiger partial charge in [-0.3, -0.25) is 4.79 Å². The van der Waals surface area contributed by atoms with Crippen LogP contribution in [-0.4, -0.2) is 59.8 Å². The van der Waals surface area contributed by atoms with Crippen molar-refractivity contribution in [3.05, 3.63) is 82.4 Å². The van der Waals surface area contributed by atoms with Crippen LogP contribution < -0.4 is 0 Å². The Labute approximate surface area is 288 Å². The van der Waals surface area contributed by atoms with Crippen molar-refractivity contribution < 1.29 is 23.4 Å². The molecule has 5 saturated carbocycles. The van der Waals surface area contributed by atoms with Gasteiger partial charge in [0.1, 0.15) is 0 Å². The van der Waals surface area contributed by atoms with E-state index in [0.717, 1.165) is 43.2 Å². The van der Waals surface area contributed by atoms with Crippen LogP contribution in [0.15, 0.2) is 60.2 Å². The van der Waals surface area contributed by atoms with Crippen LogP contribution in [0.5, 0.6) is 0 Å². The number of sulfonamides is 1. The third-order valence-electron chi connectivity index (χ3n) is 13.5. The summed E-state index contributed by atoms with van der Waals surface area (Å²) in [6, 6.07) is 15.4. The minimum atomic E-state index is -3.59. The maximum atomic E-state index is 14.2. The Morgan fingerprint density at radius 2 is 1.60 bits per heavy atom. The van der Waals surface area contributed by atoms with Gasteiger partial charge in [0.2, 0.25) is 10.0 Å². The number of benzene rings is 2. The first-order chi connectivity index (χ1) is 22.8. The first kappa shape index (κ1) is 34.1. The first-order valence-electron chi connectivity index (χ1n) is 18.5. The van der Waals surface area contributed by atoms with Crippen molar-refractivity contribution in [3.63, 3.8) is 0 Å². The van der Waals surface area contributed by atoms with E-state index in [-0.39, 0.29) is 23.7 Å². The number of fused-ring (bicyclic) bond motifs is 8. The second-order valence-corrected chi connectivity index (χ2v) is 19.1. The highest BCUT2D eigenvalue weighted by molar-refractivity contribution is 7.88. The van der Waals surface area contributed by atoms with Crippen LogP contribution in [0.3, 0.4) is 0 Å². The van der Waals surface area contributed by atoms with Crippen LogP contribution in [0.4, 0.5) is 0 Å². The topological polar surface area (TPSA) is 94.9 Å². The predicted octanol–water partition coefficient (Wildman–Crippen LogP) is 7.43. The van der Waals surface area contributed by atoms with Crippen molar-refractivity contribution in [2.75, 3.05) is 19.3 Å². The molecular weight excluding hydrogens is 619 g/mol. The Balaban J connectivity index is 1.27. The normalized spacial score (nSPS) is 36.5. The number of carbonyl (C=O) groups is 1. The number of carbonyl (C=O) groups excluding carboxylic acids is 1. The highest BCUT2D eigenvalue weighted by Crippen LogP contribution is 2.62. The highest BCUT2D eigenvalue weighted by Gasteiger charge is 2.59. The molecule has 5 fully saturated rings. The van der Waals surface area contributed by atoms with Crippen molar-refractivity contribution in [2.45, 2.75) is 115 Å². The van der Waals surface area contributed by atoms with Gasteiger partial charge >= 0.3 is 0 Å². The van der Waals surface area contributed by atoms with Crippen LogP contribution in [0, 0.1) is 28.6 Å². The van der Waals surface area contributed by atoms with E-state index in [0.29, 0.717) is 67.5 Å². The van der Waals surface area contributed by atoms with Gasteiger partial charge in [0.15, 0.2) is 5.78 Å². The molecule has 6 nitrogen and oxygen atoms in total. The van der Waals surface area contributed by atoms with Gasteiger partial charge in [-0.2, -0.15) is 4.31 Å². The molecule has 0 heterocycles. The number of ketones is 1. The third-order valence-corrected chi connectivity index (χ3v) is 14.7. The Hall–Kier alpha value is -2.32. The van der Waals surface area contributed by atoms with Crippen LogP contribution >= 0.6 is 0 Å². The zero-order chi connectivity index (χ0) is 33.9. The maximum Gasteiger partial charge on any atom is 0.211 e. The van der Waals surface area contributed by atoms with Crippen molar-refractivity contribution >= 4 is 15.8 Å². The molecule has 7 heteroatoms. The van der Waals surface area contributed by atoms with Gasteiger partial charge in [-0.1, -0.05) is 61.0 Å². The van der Waals surface area contributed by atoms with E-state index in [1.54, 1.807) is 4.31 Å². The summed E-state index contributed by atoms with van der Waals surface area (Å²) in [4.78, 5) is 14.2. The summed E-state index contributed by atoms with van der Waals surface area (Å²) >= 11 is 0. The SMILES string of the molecule is CC1=CCCC2(C)C(CCC2(O)CN(CC23CC4CC(CC(C4)C2)C3)S(C)(=O)=O)c2ccc(cc2C(=O)c2ccccc2)CC(O)CC1. The van der Waals surface area contributed by atoms with Crippen molar-refractivity contribution in [3.8, 4) is 0 Å². The van der Waals surface area contributed by atoms with Gasteiger partial charge in [-0.25, -0.2) is 8.42 Å². The molecule has 2 N–H and O–H groups in total. The Kier molecular flexibility index (Phi) is 9.09. The molecule has 0 aromatic heterocycles. The van der Waals surface area contributed by atoms with E-state index in [2.05, 4.69) is 26.0 Å². The lowest BCUT2D eigenvalue weighted by Crippen LogP contribution is -2.57. The Bertz CT molecular complexity index is 1630. The summed E-state index contributed by atoms with van der Waals surface area (Å²) in [7, 11) is -3.59. The van der Waals surface area contributed by atoms with Crippen LogP contribution in [0.25, 0.3) is 0 Å². The smallest absolute Gasteiger partial charge is 0.211 e. The lowest BCUT2D eigenvalue weighted by Gasteiger charge is -2.58. The van der Waals surface area contributed by atoms with Crippen molar-refractivity contribution in [1.29, 1.82) is 0 Å². The zero-order valence-electron chi connectivity index (χ0n) is 29.2. The molecule has 48 heavy (non-hydrogen) atoms. The number of nitrogens with zero attached hydrogens (tertiary/aromatic N) is 1. The molecule has 0 spiro atoms. The Morgan fingerprint density at radius 1 is 0.938 bits per heavy atom. The van der Waals surface area contributed by atoms with Crippen LogP contribution in [0.2, 0.25) is 0 Å². The third kappa shape index (κ3) is 6.50. The summed E-state index contributed by atoms with van der Waals surface area (Å²) in [5, 5.41) is 23.9. The number of allylic oxidation sites excluding steroid dienone is 2. The van der Waals surface area contributed by atoms with E-state index < -0.39 is 27.1 Å². The fraction of sp³-hybridized carbons (Fsp3) is 0.634. The zero-order valence-corrected chi connectivity index (χ0v) is 30.0. The summed E-state index contributed by atoms with van der Waals surface area (Å²) in [6.07, 6.45) is 14.8. The van der Waals surface area contributed by atoms with E-state index in [1.807, 2.05) is 42.5 Å². The van der Waals surface area contributed by atoms with Crippen molar-refractivity contribution in [1.82, 2.24) is 4.31 Å². The molecule has 0 amide bonds. The summed E-state index contributed by atoms with van der Waals surface area (Å²) in [6.45, 7) is 4.86. The standard InChI is InChI=1S/C41H55NO5S/c1-28-8-7-16-39(2)37(35-14-12-29(21-34(43)13-11-28)22-36(35)38(44)33-9-5-4-6-10-33)15-17-41(39,45)27-42(48(3,46)47)26-40-23-30-18-31(24-40)20-32(19-30)25-40/h4-6,8-10,12,14,22,30-32,34,37,43,45H,7,11,13,15-21,23-27H2,1-3H3. The minimum absolute atomic E-state index is 0.0197. The lowest BCUT2D eigenvalue weighted by atomic mass is 9.49. The molecule has 0 saturated heterocycles. The molecule has 2 aromatic rings. The summed E-state index contributed by atoms with van der Waals surface area (Å²) in [5.74, 6) is 1.96. The van der Waals surface area contributed by atoms with Gasteiger partial charge in [0, 0.05) is 29.6 Å². The Morgan fingerprint density at radius 3 is 2.25 bits per heavy atom. The van der Waals surface area contributed by atoms with Gasteiger partial charge in [0.05, 0.1) is 18.0 Å². The predicted molar refractivity (Wildman–Crippen MR) is 190 cm³/mol. The molecule has 9 rings (SSSR count). The first-order valence-corrected chi connectivity index (χ1v) is 20.3. The molecule has 7 aliphatic rings. The average molecular weight is 674 g/mol. The maximum absolute atomic E-state index is 14.2. The number of hydrogen-bond acceptors (Lipinski definition) is 5. The van der Waals surface area contributed by atoms with Gasteiger partial charge < -0.3 is 10.2 Å². The van der Waals surface area contributed by atoms with E-state index in [9.17, 15) is 23.4 Å². The molecule has 0 radical (unpaired) electrons. The van der Waals surface area contributed by atoms with E-state index in [4.69, 9.17) is 0 Å². The fourth-order valence-electron chi connectivity index (χ4n) is 11.4. The second kappa shape index (κ2) is 12.8. The molecule has 4 unspecified atom stereocenters. The highest BCUT2D eigenvalue weighted by atomic mass is 32.2. The minimum Gasteiger partial charge on any atom is -0.393 e. The van der Waals surface area contributed by atoms with Gasteiger partial charge in [0.25, 0.3) is 0 Å². The molecule has 6 bridgehead atoms. The molecular formula is C41H55NO5S. The summed E-state index contributed by atoms with van der Waals surface area (Å²) in [5.41, 5.74) is 2.40. The van der Waals surface area contributed by atoms with Gasteiger partial charge in [-0.05, 0) is 137 Å². The number of rotatable bonds is 7. The number of aliphatic hydroxyl groups excluding tert-OH is 1. The van der Waals surface area contributed by atoms with Gasteiger partial charge in [-0.15, -0.1) is 0 Å². The van der Waals surface area contributed by atoms with E-state index >= 15 is 0 Å². The van der Waals surface area contributed by atoms with E-state index in [1.165, 1.54) is 31.1 Å². The van der Waals surface area contributed by atoms with Crippen LogP contribution in [-0.2, 0) is 16.4 Å². The van der Waals surface area contributed by atoms with Crippen molar-refractivity contribution in [2.24, 2.45) is 28.6 Å². The molecule has 7 aliphatic carbocycles. The monoisotopic (exact) mass is 673 g/mol. The molecule has 2 aromatic carbocycles. The quantitative estimate of drug-likeness (QED) is 0.236. The largest absolute Gasteiger partial charge is 0.393 e. The fourth-order valence-corrected chi connectivity index (χ4v) is 12.3.